The Morgan fingerprint density at radius 3 is 2.92 bits per heavy atom. The van der Waals surface area contributed by atoms with Gasteiger partial charge in [-0.1, -0.05) is 0 Å². The summed E-state index contributed by atoms with van der Waals surface area (Å²) >= 11 is 0. The van der Waals surface area contributed by atoms with Gasteiger partial charge >= 0.3 is 0 Å². The number of nitriles is 1. The minimum absolute atomic E-state index is 0.0939. The van der Waals surface area contributed by atoms with Gasteiger partial charge in [-0.05, 0) is 25.5 Å². The first-order valence-corrected chi connectivity index (χ1v) is 8.07. The maximum absolute atomic E-state index is 12.7. The van der Waals surface area contributed by atoms with Crippen LogP contribution in [0.4, 0.5) is 5.82 Å². The van der Waals surface area contributed by atoms with Gasteiger partial charge in [0, 0.05) is 44.8 Å². The predicted molar refractivity (Wildman–Crippen MR) is 89.3 cm³/mol. The largest absolute Gasteiger partial charge is 0.354 e. The lowest BCUT2D eigenvalue weighted by atomic mass is 10.2. The van der Waals surface area contributed by atoms with Crippen LogP contribution in [0.15, 0.2) is 37.1 Å². The molecule has 0 radical (unpaired) electrons. The van der Waals surface area contributed by atoms with Crippen LogP contribution in [0.5, 0.6) is 0 Å². The fraction of sp³-hybridized carbons (Fsp3) is 0.412. The summed E-state index contributed by atoms with van der Waals surface area (Å²) in [6, 6.07) is 5.47. The summed E-state index contributed by atoms with van der Waals surface area (Å²) in [6.07, 6.45) is 7.70. The average Bonchev–Trinajstić information content (AvgIpc) is 3.05. The maximum Gasteiger partial charge on any atom is 0.245 e. The molecule has 2 aromatic rings. The molecule has 0 N–H and O–H groups in total. The van der Waals surface area contributed by atoms with Crippen molar-refractivity contribution < 1.29 is 4.79 Å². The molecule has 0 aliphatic carbocycles. The van der Waals surface area contributed by atoms with Crippen molar-refractivity contribution >= 4 is 11.7 Å². The van der Waals surface area contributed by atoms with Crippen LogP contribution in [-0.2, 0) is 4.79 Å². The number of carbonyl (C=O) groups is 1. The third-order valence-corrected chi connectivity index (χ3v) is 4.34. The quantitative estimate of drug-likeness (QED) is 0.854. The number of aromatic nitrogens is 3. The van der Waals surface area contributed by atoms with Crippen molar-refractivity contribution in [2.75, 3.05) is 31.1 Å². The molecule has 24 heavy (non-hydrogen) atoms. The van der Waals surface area contributed by atoms with Crippen LogP contribution >= 0.6 is 0 Å². The number of hydrogen-bond acceptors (Lipinski definition) is 5. The maximum atomic E-state index is 12.7. The normalized spacial score (nSPS) is 16.3. The van der Waals surface area contributed by atoms with E-state index in [1.807, 2.05) is 16.4 Å². The molecule has 1 saturated heterocycles. The second-order valence-electron chi connectivity index (χ2n) is 5.84. The molecule has 1 aliphatic rings. The topological polar surface area (TPSA) is 78.0 Å². The van der Waals surface area contributed by atoms with Crippen LogP contribution in [0, 0.1) is 11.3 Å². The van der Waals surface area contributed by atoms with Crippen molar-refractivity contribution in [3.63, 3.8) is 0 Å². The van der Waals surface area contributed by atoms with Gasteiger partial charge in [-0.25, -0.2) is 9.97 Å². The zero-order valence-corrected chi connectivity index (χ0v) is 13.7. The molecule has 0 saturated carbocycles. The first-order chi connectivity index (χ1) is 11.7. The fourth-order valence-electron chi connectivity index (χ4n) is 2.98. The van der Waals surface area contributed by atoms with Crippen LogP contribution in [0.3, 0.4) is 0 Å². The van der Waals surface area contributed by atoms with Crippen LogP contribution < -0.4 is 4.90 Å². The van der Waals surface area contributed by atoms with Gasteiger partial charge in [0.05, 0.1) is 11.9 Å². The fourth-order valence-corrected chi connectivity index (χ4v) is 2.98. The predicted octanol–water partition coefficient (Wildman–Crippen LogP) is 1.45. The molecule has 1 aliphatic heterocycles. The molecule has 124 valence electrons. The summed E-state index contributed by atoms with van der Waals surface area (Å²) in [6.45, 7) is 4.69. The molecular weight excluding hydrogens is 304 g/mol. The number of imidazole rings is 1. The smallest absolute Gasteiger partial charge is 0.245 e. The second-order valence-corrected chi connectivity index (χ2v) is 5.84. The first-order valence-electron chi connectivity index (χ1n) is 8.07. The number of nitrogens with zero attached hydrogens (tertiary/aromatic N) is 6. The SMILES string of the molecule is C[C@H](C(=O)N1CCCN(c2ncccc2C#N)CC1)n1ccnc1. The van der Waals surface area contributed by atoms with Crippen LogP contribution in [0.1, 0.15) is 24.9 Å². The minimum atomic E-state index is -0.261. The lowest BCUT2D eigenvalue weighted by Crippen LogP contribution is -2.39. The van der Waals surface area contributed by atoms with E-state index in [9.17, 15) is 10.1 Å². The monoisotopic (exact) mass is 324 g/mol. The van der Waals surface area contributed by atoms with Gasteiger partial charge in [0.25, 0.3) is 0 Å². The zero-order chi connectivity index (χ0) is 16.9. The Morgan fingerprint density at radius 1 is 1.29 bits per heavy atom. The molecule has 0 bridgehead atoms. The minimum Gasteiger partial charge on any atom is -0.354 e. The summed E-state index contributed by atoms with van der Waals surface area (Å²) in [5.74, 6) is 0.799. The molecule has 0 aromatic carbocycles. The van der Waals surface area contributed by atoms with Gasteiger partial charge in [0.15, 0.2) is 0 Å². The van der Waals surface area contributed by atoms with Crippen molar-refractivity contribution in [1.29, 1.82) is 5.26 Å². The van der Waals surface area contributed by atoms with Gasteiger partial charge in [-0.15, -0.1) is 0 Å². The Balaban J connectivity index is 1.69. The summed E-state index contributed by atoms with van der Waals surface area (Å²) in [7, 11) is 0. The Kier molecular flexibility index (Phi) is 4.75. The second kappa shape index (κ2) is 7.13. The lowest BCUT2D eigenvalue weighted by Gasteiger charge is -2.25. The number of rotatable bonds is 3. The highest BCUT2D eigenvalue weighted by atomic mass is 16.2. The Hall–Kier alpha value is -2.88. The van der Waals surface area contributed by atoms with Crippen LogP contribution in [-0.4, -0.2) is 51.5 Å². The number of pyridine rings is 1. The molecule has 1 atom stereocenters. The van der Waals surface area contributed by atoms with Gasteiger partial charge in [0.2, 0.25) is 5.91 Å². The summed E-state index contributed by atoms with van der Waals surface area (Å²) in [5.41, 5.74) is 0.573. The van der Waals surface area contributed by atoms with Gasteiger partial charge in [-0.2, -0.15) is 5.26 Å². The van der Waals surface area contributed by atoms with Crippen molar-refractivity contribution in [2.24, 2.45) is 0 Å². The van der Waals surface area contributed by atoms with Crippen LogP contribution in [0.2, 0.25) is 0 Å². The van der Waals surface area contributed by atoms with E-state index in [1.165, 1.54) is 0 Å². The van der Waals surface area contributed by atoms with E-state index in [-0.39, 0.29) is 11.9 Å². The Morgan fingerprint density at radius 2 is 2.17 bits per heavy atom. The Bertz CT molecular complexity index is 736. The van der Waals surface area contributed by atoms with E-state index in [1.54, 1.807) is 37.1 Å². The third-order valence-electron chi connectivity index (χ3n) is 4.34. The molecule has 0 spiro atoms. The van der Waals surface area contributed by atoms with Crippen molar-refractivity contribution in [3.05, 3.63) is 42.6 Å². The number of hydrogen-bond donors (Lipinski definition) is 0. The molecule has 1 amide bonds. The highest BCUT2D eigenvalue weighted by Gasteiger charge is 2.25. The van der Waals surface area contributed by atoms with Crippen molar-refractivity contribution in [1.82, 2.24) is 19.4 Å². The summed E-state index contributed by atoms with van der Waals surface area (Å²) in [4.78, 5) is 25.0. The molecule has 3 heterocycles. The van der Waals surface area contributed by atoms with E-state index in [0.29, 0.717) is 31.0 Å². The number of amides is 1. The molecule has 1 fully saturated rings. The Labute approximate surface area is 141 Å². The highest BCUT2D eigenvalue weighted by Crippen LogP contribution is 2.19. The highest BCUT2D eigenvalue weighted by molar-refractivity contribution is 5.80. The standard InChI is InChI=1S/C17H20N6O/c1-14(23-9-6-19-13-23)17(24)22-8-3-7-21(10-11-22)16-15(12-18)4-2-5-20-16/h2,4-6,9,13-14H,3,7-8,10-11H2,1H3/t14-/m1/s1. The number of carbonyl (C=O) groups excluding carboxylic acids is 1. The van der Waals surface area contributed by atoms with Gasteiger partial charge in [-0.3, -0.25) is 4.79 Å². The molecule has 7 heteroatoms. The van der Waals surface area contributed by atoms with E-state index in [0.717, 1.165) is 13.0 Å². The van der Waals surface area contributed by atoms with Crippen molar-refractivity contribution in [2.45, 2.75) is 19.4 Å². The zero-order valence-electron chi connectivity index (χ0n) is 13.7. The van der Waals surface area contributed by atoms with Gasteiger partial charge in [0.1, 0.15) is 17.9 Å². The lowest BCUT2D eigenvalue weighted by molar-refractivity contribution is -0.134. The van der Waals surface area contributed by atoms with Crippen LogP contribution in [0.25, 0.3) is 0 Å². The van der Waals surface area contributed by atoms with E-state index in [2.05, 4.69) is 20.9 Å². The molecular formula is C17H20N6O. The van der Waals surface area contributed by atoms with E-state index < -0.39 is 0 Å². The van der Waals surface area contributed by atoms with Gasteiger partial charge < -0.3 is 14.4 Å². The first kappa shape index (κ1) is 16.0. The third kappa shape index (κ3) is 3.23. The van der Waals surface area contributed by atoms with E-state index in [4.69, 9.17) is 0 Å². The number of anilines is 1. The average molecular weight is 324 g/mol. The summed E-state index contributed by atoms with van der Waals surface area (Å²) < 4.78 is 1.82. The molecule has 7 nitrogen and oxygen atoms in total. The summed E-state index contributed by atoms with van der Waals surface area (Å²) in [5, 5.41) is 9.25. The van der Waals surface area contributed by atoms with E-state index >= 15 is 0 Å². The molecule has 0 unspecified atom stereocenters. The van der Waals surface area contributed by atoms with Crippen molar-refractivity contribution in [3.8, 4) is 6.07 Å². The molecule has 2 aromatic heterocycles. The molecule has 3 rings (SSSR count).